The van der Waals surface area contributed by atoms with Gasteiger partial charge >= 0.3 is 5.97 Å². The van der Waals surface area contributed by atoms with E-state index in [1.165, 1.54) is 4.68 Å². The van der Waals surface area contributed by atoms with Gasteiger partial charge in [0.15, 0.2) is 5.82 Å². The van der Waals surface area contributed by atoms with E-state index in [0.29, 0.717) is 12.4 Å². The summed E-state index contributed by atoms with van der Waals surface area (Å²) in [4.78, 5) is 19.0. The van der Waals surface area contributed by atoms with Gasteiger partial charge in [-0.3, -0.25) is 4.99 Å². The first-order chi connectivity index (χ1) is 8.25. The van der Waals surface area contributed by atoms with Crippen LogP contribution in [0.15, 0.2) is 29.3 Å². The molecule has 1 aliphatic heterocycles. The highest BCUT2D eigenvalue weighted by Crippen LogP contribution is 2.17. The Bertz CT molecular complexity index is 630. The number of hydrogen-bond acceptors (Lipinski definition) is 4. The van der Waals surface area contributed by atoms with Gasteiger partial charge in [0, 0.05) is 11.8 Å². The molecular weight excluding hydrogens is 220 g/mol. The molecular formula is C11H8N4O2. The van der Waals surface area contributed by atoms with Crippen LogP contribution in [0.4, 0.5) is 0 Å². The fraction of sp³-hybridized carbons (Fsp3) is 0.0909. The van der Waals surface area contributed by atoms with Crippen molar-refractivity contribution in [3.8, 4) is 5.69 Å². The van der Waals surface area contributed by atoms with E-state index in [4.69, 9.17) is 5.11 Å². The second-order valence-corrected chi connectivity index (χ2v) is 3.60. The molecule has 0 radical (unpaired) electrons. The number of fused-ring (bicyclic) bond motifs is 3. The minimum Gasteiger partial charge on any atom is -0.475 e. The van der Waals surface area contributed by atoms with Crippen molar-refractivity contribution in [1.82, 2.24) is 14.8 Å². The van der Waals surface area contributed by atoms with Gasteiger partial charge in [0.25, 0.3) is 5.82 Å². The summed E-state index contributed by atoms with van der Waals surface area (Å²) in [6.07, 6.45) is 1.74. The molecule has 0 spiro atoms. The highest BCUT2D eigenvalue weighted by molar-refractivity contribution is 5.86. The first-order valence-corrected chi connectivity index (χ1v) is 5.04. The maximum Gasteiger partial charge on any atom is 0.375 e. The van der Waals surface area contributed by atoms with Gasteiger partial charge in [-0.15, -0.1) is 5.10 Å². The average molecular weight is 228 g/mol. The number of nitrogens with zero attached hydrogens (tertiary/aromatic N) is 4. The van der Waals surface area contributed by atoms with Gasteiger partial charge in [0.2, 0.25) is 0 Å². The molecule has 1 aromatic carbocycles. The topological polar surface area (TPSA) is 80.4 Å². The normalized spacial score (nSPS) is 12.7. The molecule has 2 heterocycles. The van der Waals surface area contributed by atoms with Crippen molar-refractivity contribution in [1.29, 1.82) is 0 Å². The smallest absolute Gasteiger partial charge is 0.375 e. The molecule has 0 bridgehead atoms. The minimum atomic E-state index is -1.13. The van der Waals surface area contributed by atoms with Crippen molar-refractivity contribution >= 4 is 12.2 Å². The van der Waals surface area contributed by atoms with E-state index in [1.54, 1.807) is 6.21 Å². The van der Waals surface area contributed by atoms with Crippen molar-refractivity contribution in [3.05, 3.63) is 41.5 Å². The largest absolute Gasteiger partial charge is 0.475 e. The lowest BCUT2D eigenvalue weighted by Crippen LogP contribution is -2.04. The third-order valence-corrected chi connectivity index (χ3v) is 2.49. The number of carbonyl (C=O) groups is 1. The molecule has 0 fully saturated rings. The first kappa shape index (κ1) is 9.71. The Morgan fingerprint density at radius 1 is 1.35 bits per heavy atom. The molecule has 0 saturated carbocycles. The number of aromatic carboxylic acids is 1. The summed E-state index contributed by atoms with van der Waals surface area (Å²) in [7, 11) is 0. The SMILES string of the molecule is O=C(O)c1nc2n(n1)-c1ccccc1C=NC2. The molecule has 0 aliphatic carbocycles. The van der Waals surface area contributed by atoms with Crippen LogP contribution in [0.3, 0.4) is 0 Å². The zero-order valence-corrected chi connectivity index (χ0v) is 8.74. The number of hydrogen-bond donors (Lipinski definition) is 1. The summed E-state index contributed by atoms with van der Waals surface area (Å²) < 4.78 is 1.53. The monoisotopic (exact) mass is 228 g/mol. The number of para-hydroxylation sites is 1. The zero-order chi connectivity index (χ0) is 11.8. The van der Waals surface area contributed by atoms with Gasteiger partial charge in [0.05, 0.1) is 12.2 Å². The van der Waals surface area contributed by atoms with Crippen LogP contribution >= 0.6 is 0 Å². The molecule has 1 N–H and O–H groups in total. The highest BCUT2D eigenvalue weighted by Gasteiger charge is 2.18. The molecule has 3 rings (SSSR count). The van der Waals surface area contributed by atoms with Crippen molar-refractivity contribution in [2.75, 3.05) is 0 Å². The van der Waals surface area contributed by atoms with Gasteiger partial charge < -0.3 is 5.11 Å². The Labute approximate surface area is 96.3 Å². The molecule has 0 unspecified atom stereocenters. The van der Waals surface area contributed by atoms with E-state index >= 15 is 0 Å². The molecule has 6 nitrogen and oxygen atoms in total. The van der Waals surface area contributed by atoms with Gasteiger partial charge in [-0.2, -0.15) is 0 Å². The Kier molecular flexibility index (Phi) is 2.01. The Hall–Kier alpha value is -2.50. The molecule has 84 valence electrons. The second-order valence-electron chi connectivity index (χ2n) is 3.60. The zero-order valence-electron chi connectivity index (χ0n) is 8.74. The molecule has 1 aliphatic rings. The summed E-state index contributed by atoms with van der Waals surface area (Å²) in [6, 6.07) is 7.52. The standard InChI is InChI=1S/C11H8N4O2/c16-11(17)10-13-9-6-12-5-7-3-1-2-4-8(7)15(9)14-10/h1-5H,6H2,(H,16,17). The third-order valence-electron chi connectivity index (χ3n) is 2.49. The van der Waals surface area contributed by atoms with Crippen molar-refractivity contribution in [2.24, 2.45) is 4.99 Å². The number of aromatic nitrogens is 3. The van der Waals surface area contributed by atoms with Gasteiger partial charge in [-0.25, -0.2) is 14.5 Å². The van der Waals surface area contributed by atoms with Crippen molar-refractivity contribution < 1.29 is 9.90 Å². The van der Waals surface area contributed by atoms with Crippen LogP contribution in [0.5, 0.6) is 0 Å². The van der Waals surface area contributed by atoms with Crippen LogP contribution in [0, 0.1) is 0 Å². The number of benzene rings is 1. The fourth-order valence-corrected chi connectivity index (χ4v) is 1.75. The lowest BCUT2D eigenvalue weighted by atomic mass is 10.2. The molecule has 6 heteroatoms. The maximum atomic E-state index is 10.8. The minimum absolute atomic E-state index is 0.202. The average Bonchev–Trinajstić information content (AvgIpc) is 2.67. The lowest BCUT2D eigenvalue weighted by molar-refractivity contribution is 0.0683. The first-order valence-electron chi connectivity index (χ1n) is 5.04. The summed E-state index contributed by atoms with van der Waals surface area (Å²) >= 11 is 0. The van der Waals surface area contributed by atoms with E-state index in [2.05, 4.69) is 15.1 Å². The number of aliphatic imine (C=N–C) groups is 1. The summed E-state index contributed by atoms with van der Waals surface area (Å²) in [6.45, 7) is 0.328. The van der Waals surface area contributed by atoms with E-state index in [1.807, 2.05) is 24.3 Å². The van der Waals surface area contributed by atoms with Crippen LogP contribution in [0.1, 0.15) is 22.0 Å². The lowest BCUT2D eigenvalue weighted by Gasteiger charge is -2.04. The molecule has 1 aromatic heterocycles. The van der Waals surface area contributed by atoms with Gasteiger partial charge in [-0.05, 0) is 6.07 Å². The van der Waals surface area contributed by atoms with E-state index in [-0.39, 0.29) is 5.82 Å². The van der Waals surface area contributed by atoms with Crippen LogP contribution < -0.4 is 0 Å². The number of carboxylic acid groups (broad SMARTS) is 1. The summed E-state index contributed by atoms with van der Waals surface area (Å²) in [5.41, 5.74) is 1.69. The Balaban J connectivity index is 2.25. The summed E-state index contributed by atoms with van der Waals surface area (Å²) in [5, 5.41) is 12.9. The summed E-state index contributed by atoms with van der Waals surface area (Å²) in [5.74, 6) is -0.803. The molecule has 2 aromatic rings. The molecule has 0 saturated heterocycles. The van der Waals surface area contributed by atoms with Crippen molar-refractivity contribution in [3.63, 3.8) is 0 Å². The second kappa shape index (κ2) is 3.51. The molecule has 0 amide bonds. The van der Waals surface area contributed by atoms with E-state index in [0.717, 1.165) is 11.3 Å². The van der Waals surface area contributed by atoms with Gasteiger partial charge in [0.1, 0.15) is 0 Å². The highest BCUT2D eigenvalue weighted by atomic mass is 16.4. The molecule has 0 atom stereocenters. The molecule has 17 heavy (non-hydrogen) atoms. The van der Waals surface area contributed by atoms with E-state index < -0.39 is 5.97 Å². The van der Waals surface area contributed by atoms with Crippen LogP contribution in [-0.4, -0.2) is 32.1 Å². The predicted octanol–water partition coefficient (Wildman–Crippen LogP) is 0.898. The van der Waals surface area contributed by atoms with Gasteiger partial charge in [-0.1, -0.05) is 18.2 Å². The van der Waals surface area contributed by atoms with Crippen LogP contribution in [-0.2, 0) is 6.54 Å². The van der Waals surface area contributed by atoms with E-state index in [9.17, 15) is 4.79 Å². The quantitative estimate of drug-likeness (QED) is 0.786. The third kappa shape index (κ3) is 1.50. The Morgan fingerprint density at radius 2 is 2.18 bits per heavy atom. The fourth-order valence-electron chi connectivity index (χ4n) is 1.75. The van der Waals surface area contributed by atoms with Crippen LogP contribution in [0.2, 0.25) is 0 Å². The Morgan fingerprint density at radius 3 is 3.00 bits per heavy atom. The van der Waals surface area contributed by atoms with Crippen molar-refractivity contribution in [2.45, 2.75) is 6.54 Å². The predicted molar refractivity (Wildman–Crippen MR) is 59.6 cm³/mol. The van der Waals surface area contributed by atoms with Crippen LogP contribution in [0.25, 0.3) is 5.69 Å². The maximum absolute atomic E-state index is 10.8. The number of carboxylic acids is 1. The number of rotatable bonds is 1.